The van der Waals surface area contributed by atoms with Crippen molar-refractivity contribution in [1.29, 1.82) is 0 Å². The Morgan fingerprint density at radius 3 is 2.65 bits per heavy atom. The molecular formula is C13H18N2O2. The van der Waals surface area contributed by atoms with Gasteiger partial charge in [-0.1, -0.05) is 6.07 Å². The van der Waals surface area contributed by atoms with E-state index >= 15 is 0 Å². The van der Waals surface area contributed by atoms with Gasteiger partial charge in [-0.15, -0.1) is 0 Å². The van der Waals surface area contributed by atoms with Crippen LogP contribution < -0.4 is 14.9 Å². The third-order valence-electron chi connectivity index (χ3n) is 3.22. The molecule has 0 aliphatic carbocycles. The predicted molar refractivity (Wildman–Crippen MR) is 65.1 cm³/mol. The molecule has 17 heavy (non-hydrogen) atoms. The van der Waals surface area contributed by atoms with Gasteiger partial charge in [0, 0.05) is 19.6 Å². The van der Waals surface area contributed by atoms with E-state index in [1.54, 1.807) is 0 Å². The third-order valence-corrected chi connectivity index (χ3v) is 3.22. The molecule has 0 spiro atoms. The second-order valence-corrected chi connectivity index (χ2v) is 4.51. The van der Waals surface area contributed by atoms with Gasteiger partial charge in [-0.25, -0.2) is 5.01 Å². The lowest BCUT2D eigenvalue weighted by Gasteiger charge is -2.20. The summed E-state index contributed by atoms with van der Waals surface area (Å²) in [5.74, 6) is 1.73. The van der Waals surface area contributed by atoms with Crippen LogP contribution in [0.5, 0.6) is 11.5 Å². The number of ether oxygens (including phenoxy) is 2. The van der Waals surface area contributed by atoms with E-state index in [0.717, 1.165) is 31.1 Å². The molecule has 0 atom stereocenters. The minimum absolute atomic E-state index is 0.649. The lowest BCUT2D eigenvalue weighted by Crippen LogP contribution is -2.34. The van der Waals surface area contributed by atoms with Gasteiger partial charge in [0.2, 0.25) is 0 Å². The Morgan fingerprint density at radius 2 is 1.82 bits per heavy atom. The second-order valence-electron chi connectivity index (χ2n) is 4.51. The summed E-state index contributed by atoms with van der Waals surface area (Å²) >= 11 is 0. The van der Waals surface area contributed by atoms with Gasteiger partial charge in [0.15, 0.2) is 11.5 Å². The SMILES string of the molecule is c1cc2c(cc1CNN1CCCC1)OCCO2. The molecule has 0 unspecified atom stereocenters. The minimum atomic E-state index is 0.649. The second kappa shape index (κ2) is 4.94. The molecule has 0 saturated carbocycles. The summed E-state index contributed by atoms with van der Waals surface area (Å²) in [6, 6.07) is 6.16. The van der Waals surface area contributed by atoms with Crippen molar-refractivity contribution in [3.8, 4) is 11.5 Å². The van der Waals surface area contributed by atoms with E-state index in [1.807, 2.05) is 6.07 Å². The Labute approximate surface area is 101 Å². The maximum atomic E-state index is 5.57. The predicted octanol–water partition coefficient (Wildman–Crippen LogP) is 1.56. The molecule has 2 aliphatic heterocycles. The third kappa shape index (κ3) is 2.53. The van der Waals surface area contributed by atoms with Crippen LogP contribution in [0.3, 0.4) is 0 Å². The zero-order chi connectivity index (χ0) is 11.5. The fourth-order valence-electron chi connectivity index (χ4n) is 2.28. The molecule has 1 aromatic carbocycles. The van der Waals surface area contributed by atoms with Crippen LogP contribution in [-0.4, -0.2) is 31.3 Å². The van der Waals surface area contributed by atoms with Crippen LogP contribution >= 0.6 is 0 Å². The van der Waals surface area contributed by atoms with Crippen molar-refractivity contribution >= 4 is 0 Å². The number of hydrazine groups is 1. The standard InChI is InChI=1S/C13H18N2O2/c1-2-6-15(5-1)14-10-11-3-4-12-13(9-11)17-8-7-16-12/h3-4,9,14H,1-2,5-8,10H2. The van der Waals surface area contributed by atoms with Gasteiger partial charge < -0.3 is 9.47 Å². The average molecular weight is 234 g/mol. The van der Waals surface area contributed by atoms with Crippen LogP contribution in [0.4, 0.5) is 0 Å². The van der Waals surface area contributed by atoms with Crippen molar-refractivity contribution in [3.05, 3.63) is 23.8 Å². The first-order chi connectivity index (χ1) is 8.42. The van der Waals surface area contributed by atoms with Gasteiger partial charge in [-0.05, 0) is 30.5 Å². The smallest absolute Gasteiger partial charge is 0.161 e. The summed E-state index contributed by atoms with van der Waals surface area (Å²) in [7, 11) is 0. The Kier molecular flexibility index (Phi) is 3.16. The number of fused-ring (bicyclic) bond motifs is 1. The first-order valence-electron chi connectivity index (χ1n) is 6.29. The molecule has 1 N–H and O–H groups in total. The van der Waals surface area contributed by atoms with Crippen LogP contribution in [0.2, 0.25) is 0 Å². The minimum Gasteiger partial charge on any atom is -0.486 e. The maximum Gasteiger partial charge on any atom is 0.161 e. The van der Waals surface area contributed by atoms with Crippen molar-refractivity contribution < 1.29 is 9.47 Å². The molecular weight excluding hydrogens is 216 g/mol. The first kappa shape index (κ1) is 10.9. The van der Waals surface area contributed by atoms with Gasteiger partial charge in [0.1, 0.15) is 13.2 Å². The van der Waals surface area contributed by atoms with Crippen LogP contribution in [0, 0.1) is 0 Å². The average Bonchev–Trinajstić information content (AvgIpc) is 2.89. The molecule has 1 fully saturated rings. The van der Waals surface area contributed by atoms with E-state index in [4.69, 9.17) is 9.47 Å². The molecule has 1 saturated heterocycles. The molecule has 4 heteroatoms. The molecule has 4 nitrogen and oxygen atoms in total. The van der Waals surface area contributed by atoms with Gasteiger partial charge in [-0.3, -0.25) is 5.43 Å². The molecule has 0 bridgehead atoms. The van der Waals surface area contributed by atoms with Crippen molar-refractivity contribution in [3.63, 3.8) is 0 Å². The zero-order valence-corrected chi connectivity index (χ0v) is 9.95. The van der Waals surface area contributed by atoms with E-state index in [2.05, 4.69) is 22.6 Å². The molecule has 0 amide bonds. The molecule has 1 aromatic rings. The quantitative estimate of drug-likeness (QED) is 0.860. The van der Waals surface area contributed by atoms with Crippen molar-refractivity contribution in [2.24, 2.45) is 0 Å². The largest absolute Gasteiger partial charge is 0.486 e. The Hall–Kier alpha value is -1.26. The van der Waals surface area contributed by atoms with Crippen LogP contribution in [-0.2, 0) is 6.54 Å². The highest BCUT2D eigenvalue weighted by Gasteiger charge is 2.13. The fourth-order valence-corrected chi connectivity index (χ4v) is 2.28. The zero-order valence-electron chi connectivity index (χ0n) is 9.95. The van der Waals surface area contributed by atoms with Crippen molar-refractivity contribution in [2.45, 2.75) is 19.4 Å². The van der Waals surface area contributed by atoms with E-state index in [9.17, 15) is 0 Å². The molecule has 3 rings (SSSR count). The number of hydrogen-bond acceptors (Lipinski definition) is 4. The van der Waals surface area contributed by atoms with Crippen LogP contribution in [0.1, 0.15) is 18.4 Å². The normalized spacial score (nSPS) is 19.5. The molecule has 0 radical (unpaired) electrons. The van der Waals surface area contributed by atoms with E-state index in [1.165, 1.54) is 18.4 Å². The lowest BCUT2D eigenvalue weighted by molar-refractivity contribution is 0.171. The maximum absolute atomic E-state index is 5.57. The summed E-state index contributed by atoms with van der Waals surface area (Å²) in [5.41, 5.74) is 4.68. The Balaban J connectivity index is 1.62. The summed E-state index contributed by atoms with van der Waals surface area (Å²) in [6.07, 6.45) is 2.60. The molecule has 2 aliphatic rings. The summed E-state index contributed by atoms with van der Waals surface area (Å²) < 4.78 is 11.1. The Bertz CT molecular complexity index is 389. The van der Waals surface area contributed by atoms with Crippen molar-refractivity contribution in [1.82, 2.24) is 10.4 Å². The highest BCUT2D eigenvalue weighted by Crippen LogP contribution is 2.30. The van der Waals surface area contributed by atoms with Gasteiger partial charge in [0.25, 0.3) is 0 Å². The molecule has 92 valence electrons. The highest BCUT2D eigenvalue weighted by molar-refractivity contribution is 5.43. The van der Waals surface area contributed by atoms with Gasteiger partial charge in [0.05, 0.1) is 0 Å². The number of nitrogens with one attached hydrogen (secondary N) is 1. The van der Waals surface area contributed by atoms with Crippen LogP contribution in [0.15, 0.2) is 18.2 Å². The fraction of sp³-hybridized carbons (Fsp3) is 0.538. The Morgan fingerprint density at radius 1 is 1.06 bits per heavy atom. The van der Waals surface area contributed by atoms with Crippen LogP contribution in [0.25, 0.3) is 0 Å². The number of rotatable bonds is 3. The van der Waals surface area contributed by atoms with Gasteiger partial charge >= 0.3 is 0 Å². The summed E-state index contributed by atoms with van der Waals surface area (Å²) in [4.78, 5) is 0. The van der Waals surface area contributed by atoms with Crippen molar-refractivity contribution in [2.75, 3.05) is 26.3 Å². The number of benzene rings is 1. The monoisotopic (exact) mass is 234 g/mol. The van der Waals surface area contributed by atoms with E-state index in [-0.39, 0.29) is 0 Å². The topological polar surface area (TPSA) is 33.7 Å². The lowest BCUT2D eigenvalue weighted by atomic mass is 10.2. The highest BCUT2D eigenvalue weighted by atomic mass is 16.6. The van der Waals surface area contributed by atoms with Gasteiger partial charge in [-0.2, -0.15) is 0 Å². The molecule has 2 heterocycles. The summed E-state index contributed by atoms with van der Waals surface area (Å²) in [5, 5.41) is 2.29. The summed E-state index contributed by atoms with van der Waals surface area (Å²) in [6.45, 7) is 4.47. The number of hydrogen-bond donors (Lipinski definition) is 1. The first-order valence-corrected chi connectivity index (χ1v) is 6.29. The number of nitrogens with zero attached hydrogens (tertiary/aromatic N) is 1. The molecule has 0 aromatic heterocycles. The van der Waals surface area contributed by atoms with E-state index < -0.39 is 0 Å². The van der Waals surface area contributed by atoms with E-state index in [0.29, 0.717) is 13.2 Å².